The lowest BCUT2D eigenvalue weighted by molar-refractivity contribution is -0.385. The number of nitrogens with zero attached hydrogens (tertiary/aromatic N) is 2. The second-order valence-corrected chi connectivity index (χ2v) is 8.07. The topological polar surface area (TPSA) is 120 Å². The van der Waals surface area contributed by atoms with Gasteiger partial charge in [0.2, 0.25) is 11.7 Å². The molecule has 0 saturated carbocycles. The van der Waals surface area contributed by atoms with Crippen LogP contribution in [0.1, 0.15) is 26.3 Å². The zero-order valence-corrected chi connectivity index (χ0v) is 20.1. The molecule has 10 heteroatoms. The van der Waals surface area contributed by atoms with E-state index in [9.17, 15) is 19.7 Å². The van der Waals surface area contributed by atoms with Crippen LogP contribution >= 0.6 is 0 Å². The Bertz CT molecular complexity index is 1010. The van der Waals surface area contributed by atoms with E-state index in [0.29, 0.717) is 12.3 Å². The minimum absolute atomic E-state index is 0.0182. The summed E-state index contributed by atoms with van der Waals surface area (Å²) in [5.74, 6) is 0.447. The van der Waals surface area contributed by atoms with Crippen LogP contribution in [0.3, 0.4) is 0 Å². The third kappa shape index (κ3) is 7.36. The number of nitro benzene ring substituents is 1. The maximum Gasteiger partial charge on any atom is 0.311 e. The van der Waals surface area contributed by atoms with E-state index in [1.165, 1.54) is 30.2 Å². The van der Waals surface area contributed by atoms with E-state index in [-0.39, 0.29) is 42.2 Å². The van der Waals surface area contributed by atoms with Gasteiger partial charge in [0.15, 0.2) is 6.61 Å². The molecule has 0 unspecified atom stereocenters. The van der Waals surface area contributed by atoms with Gasteiger partial charge in [-0.15, -0.1) is 0 Å². The number of hydrogen-bond acceptors (Lipinski definition) is 7. The summed E-state index contributed by atoms with van der Waals surface area (Å²) in [7, 11) is 2.86. The Kier molecular flexibility index (Phi) is 9.66. The largest absolute Gasteiger partial charge is 0.497 e. The van der Waals surface area contributed by atoms with Gasteiger partial charge in [-0.2, -0.15) is 0 Å². The minimum Gasteiger partial charge on any atom is -0.497 e. The lowest BCUT2D eigenvalue weighted by atomic mass is 10.1. The maximum absolute atomic E-state index is 13.1. The first kappa shape index (κ1) is 26.4. The monoisotopic (exact) mass is 473 g/mol. The lowest BCUT2D eigenvalue weighted by Gasteiger charge is -2.29. The highest BCUT2D eigenvalue weighted by Gasteiger charge is 2.27. The fraction of sp³-hybridized carbons (Fsp3) is 0.417. The fourth-order valence-electron chi connectivity index (χ4n) is 3.13. The van der Waals surface area contributed by atoms with Crippen molar-refractivity contribution in [3.8, 4) is 17.2 Å². The molecular formula is C24H31N3O7. The normalized spacial score (nSPS) is 11.5. The van der Waals surface area contributed by atoms with E-state index in [4.69, 9.17) is 14.2 Å². The number of hydrogen-bond donors (Lipinski definition) is 1. The van der Waals surface area contributed by atoms with Gasteiger partial charge in [-0.25, -0.2) is 0 Å². The van der Waals surface area contributed by atoms with Crippen molar-refractivity contribution in [2.45, 2.75) is 33.4 Å². The highest BCUT2D eigenvalue weighted by atomic mass is 16.6. The van der Waals surface area contributed by atoms with Crippen LogP contribution in [0.25, 0.3) is 0 Å². The highest BCUT2D eigenvalue weighted by molar-refractivity contribution is 5.88. The molecule has 0 bridgehead atoms. The lowest BCUT2D eigenvalue weighted by Crippen LogP contribution is -2.49. The van der Waals surface area contributed by atoms with Gasteiger partial charge < -0.3 is 24.4 Å². The molecule has 0 aliphatic carbocycles. The van der Waals surface area contributed by atoms with Gasteiger partial charge >= 0.3 is 5.69 Å². The van der Waals surface area contributed by atoms with Crippen LogP contribution in [-0.2, 0) is 16.1 Å². The van der Waals surface area contributed by atoms with Gasteiger partial charge in [0.25, 0.3) is 5.91 Å². The third-order valence-corrected chi connectivity index (χ3v) is 5.05. The predicted octanol–water partition coefficient (Wildman–Crippen LogP) is 3.18. The highest BCUT2D eigenvalue weighted by Crippen LogP contribution is 2.30. The summed E-state index contributed by atoms with van der Waals surface area (Å²) in [4.78, 5) is 37.8. The first-order valence-corrected chi connectivity index (χ1v) is 10.8. The van der Waals surface area contributed by atoms with Gasteiger partial charge in [-0.05, 0) is 36.6 Å². The summed E-state index contributed by atoms with van der Waals surface area (Å²) in [5.41, 5.74) is 0.574. The summed E-state index contributed by atoms with van der Waals surface area (Å²) in [6.45, 7) is 5.91. The van der Waals surface area contributed by atoms with E-state index in [2.05, 4.69) is 5.32 Å². The van der Waals surface area contributed by atoms with Crippen molar-refractivity contribution in [2.24, 2.45) is 5.92 Å². The number of benzene rings is 2. The molecule has 2 aromatic rings. The van der Waals surface area contributed by atoms with E-state index in [1.54, 1.807) is 32.2 Å². The molecule has 1 N–H and O–H groups in total. The number of rotatable bonds is 12. The summed E-state index contributed by atoms with van der Waals surface area (Å²) in [6, 6.07) is 10.4. The van der Waals surface area contributed by atoms with Gasteiger partial charge in [-0.1, -0.05) is 26.0 Å². The Hall–Kier alpha value is -3.82. The van der Waals surface area contributed by atoms with Crippen LogP contribution in [0.15, 0.2) is 42.5 Å². The van der Waals surface area contributed by atoms with Gasteiger partial charge in [0.05, 0.1) is 19.1 Å². The number of methoxy groups -OCH3 is 2. The molecular weight excluding hydrogens is 442 g/mol. The molecule has 0 aliphatic heterocycles. The average Bonchev–Trinajstić information content (AvgIpc) is 2.83. The Morgan fingerprint density at radius 1 is 1.06 bits per heavy atom. The fourth-order valence-corrected chi connectivity index (χ4v) is 3.13. The molecule has 0 heterocycles. The summed E-state index contributed by atoms with van der Waals surface area (Å²) < 4.78 is 15.9. The molecule has 0 aromatic heterocycles. The first-order chi connectivity index (χ1) is 16.2. The second kappa shape index (κ2) is 12.4. The number of nitro groups is 1. The zero-order chi connectivity index (χ0) is 25.3. The van der Waals surface area contributed by atoms with E-state index in [1.807, 2.05) is 19.9 Å². The number of ether oxygens (including phenoxy) is 3. The standard InChI is InChI=1S/C24H31N3O7/c1-16(2)13-25-24(29)17(3)26(14-18-7-6-8-19(11-18)32-4)23(28)15-34-20-9-10-21(27(30)31)22(12-20)33-5/h6-12,16-17H,13-15H2,1-5H3,(H,25,29)/t17-/m0/s1. The zero-order valence-electron chi connectivity index (χ0n) is 20.1. The Balaban J connectivity index is 2.20. The van der Waals surface area contributed by atoms with E-state index >= 15 is 0 Å². The third-order valence-electron chi connectivity index (χ3n) is 5.05. The molecule has 0 spiro atoms. The summed E-state index contributed by atoms with van der Waals surface area (Å²) >= 11 is 0. The SMILES string of the molecule is COc1cccc(CN(C(=O)COc2ccc([N+](=O)[O-])c(OC)c2)[C@@H](C)C(=O)NCC(C)C)c1. The van der Waals surface area contributed by atoms with Crippen LogP contribution in [0.2, 0.25) is 0 Å². The minimum atomic E-state index is -0.757. The van der Waals surface area contributed by atoms with Crippen molar-refractivity contribution in [3.05, 3.63) is 58.1 Å². The van der Waals surface area contributed by atoms with Crippen LogP contribution in [0.5, 0.6) is 17.2 Å². The molecule has 0 saturated heterocycles. The van der Waals surface area contributed by atoms with Crippen LogP contribution < -0.4 is 19.5 Å². The average molecular weight is 474 g/mol. The van der Waals surface area contributed by atoms with Crippen molar-refractivity contribution in [3.63, 3.8) is 0 Å². The first-order valence-electron chi connectivity index (χ1n) is 10.8. The summed E-state index contributed by atoms with van der Waals surface area (Å²) in [5, 5.41) is 13.9. The van der Waals surface area contributed by atoms with Crippen LogP contribution in [0, 0.1) is 16.0 Å². The molecule has 34 heavy (non-hydrogen) atoms. The molecule has 10 nitrogen and oxygen atoms in total. The van der Waals surface area contributed by atoms with Crippen molar-refractivity contribution in [1.82, 2.24) is 10.2 Å². The predicted molar refractivity (Wildman–Crippen MR) is 126 cm³/mol. The van der Waals surface area contributed by atoms with Crippen molar-refractivity contribution in [2.75, 3.05) is 27.4 Å². The van der Waals surface area contributed by atoms with Gasteiger partial charge in [0, 0.05) is 25.2 Å². The van der Waals surface area contributed by atoms with E-state index < -0.39 is 16.9 Å². The van der Waals surface area contributed by atoms with Gasteiger partial charge in [0.1, 0.15) is 17.5 Å². The molecule has 2 aromatic carbocycles. The van der Waals surface area contributed by atoms with Crippen LogP contribution in [-0.4, -0.2) is 55.1 Å². The quantitative estimate of drug-likeness (QED) is 0.371. The summed E-state index contributed by atoms with van der Waals surface area (Å²) in [6.07, 6.45) is 0. The number of nitrogens with one attached hydrogen (secondary N) is 1. The molecule has 0 radical (unpaired) electrons. The molecule has 184 valence electrons. The molecule has 2 amide bonds. The van der Waals surface area contributed by atoms with Crippen LogP contribution in [0.4, 0.5) is 5.69 Å². The molecule has 0 fully saturated rings. The second-order valence-electron chi connectivity index (χ2n) is 8.07. The smallest absolute Gasteiger partial charge is 0.311 e. The van der Waals surface area contributed by atoms with Crippen molar-refractivity contribution >= 4 is 17.5 Å². The van der Waals surface area contributed by atoms with Gasteiger partial charge in [-0.3, -0.25) is 19.7 Å². The van der Waals surface area contributed by atoms with Crippen molar-refractivity contribution in [1.29, 1.82) is 0 Å². The number of carbonyl (C=O) groups excluding carboxylic acids is 2. The van der Waals surface area contributed by atoms with E-state index in [0.717, 1.165) is 5.56 Å². The number of carbonyl (C=O) groups is 2. The maximum atomic E-state index is 13.1. The molecule has 2 rings (SSSR count). The Morgan fingerprint density at radius 2 is 1.79 bits per heavy atom. The van der Waals surface area contributed by atoms with Crippen molar-refractivity contribution < 1.29 is 28.7 Å². The molecule has 1 atom stereocenters. The molecule has 0 aliphatic rings. The Labute approximate surface area is 198 Å². The Morgan fingerprint density at radius 3 is 2.41 bits per heavy atom. The number of amides is 2.